The highest BCUT2D eigenvalue weighted by atomic mass is 32.2. The SMILES string of the molecule is CCNCc1sccc1S(=O)(=O)NCc1nc(C)no1. The van der Waals surface area contributed by atoms with Crippen molar-refractivity contribution in [2.45, 2.75) is 31.8 Å². The molecule has 110 valence electrons. The molecule has 0 aliphatic rings. The van der Waals surface area contributed by atoms with Crippen LogP contribution in [0.15, 0.2) is 20.9 Å². The molecule has 0 radical (unpaired) electrons. The minimum absolute atomic E-state index is 0.0142. The maximum absolute atomic E-state index is 12.2. The Balaban J connectivity index is 2.08. The maximum Gasteiger partial charge on any atom is 0.242 e. The van der Waals surface area contributed by atoms with E-state index >= 15 is 0 Å². The molecule has 0 saturated carbocycles. The number of rotatable bonds is 7. The number of aryl methyl sites for hydroxylation is 1. The third-order valence-electron chi connectivity index (χ3n) is 2.51. The highest BCUT2D eigenvalue weighted by Crippen LogP contribution is 2.21. The molecule has 0 aliphatic carbocycles. The van der Waals surface area contributed by atoms with Crippen molar-refractivity contribution < 1.29 is 12.9 Å². The molecule has 20 heavy (non-hydrogen) atoms. The van der Waals surface area contributed by atoms with Crippen molar-refractivity contribution in [1.29, 1.82) is 0 Å². The fourth-order valence-corrected chi connectivity index (χ4v) is 3.97. The van der Waals surface area contributed by atoms with Crippen LogP contribution in [0.5, 0.6) is 0 Å². The molecule has 0 unspecified atom stereocenters. The first kappa shape index (κ1) is 15.1. The second-order valence-corrected chi connectivity index (χ2v) is 6.78. The summed E-state index contributed by atoms with van der Waals surface area (Å²) in [6.07, 6.45) is 0. The van der Waals surface area contributed by atoms with Gasteiger partial charge in [0.05, 0.1) is 11.4 Å². The molecule has 2 heterocycles. The zero-order chi connectivity index (χ0) is 14.6. The highest BCUT2D eigenvalue weighted by Gasteiger charge is 2.20. The lowest BCUT2D eigenvalue weighted by molar-refractivity contribution is 0.372. The van der Waals surface area contributed by atoms with Gasteiger partial charge in [-0.25, -0.2) is 13.1 Å². The van der Waals surface area contributed by atoms with Gasteiger partial charge in [0, 0.05) is 11.4 Å². The Kier molecular flexibility index (Phi) is 4.86. The van der Waals surface area contributed by atoms with Gasteiger partial charge in [-0.3, -0.25) is 0 Å². The van der Waals surface area contributed by atoms with Crippen LogP contribution in [-0.2, 0) is 23.1 Å². The zero-order valence-corrected chi connectivity index (χ0v) is 12.8. The van der Waals surface area contributed by atoms with Crippen molar-refractivity contribution in [3.8, 4) is 0 Å². The van der Waals surface area contributed by atoms with Gasteiger partial charge in [-0.05, 0) is 24.9 Å². The van der Waals surface area contributed by atoms with Crippen LogP contribution in [0.3, 0.4) is 0 Å². The number of hydrogen-bond acceptors (Lipinski definition) is 7. The Labute approximate surface area is 121 Å². The van der Waals surface area contributed by atoms with Gasteiger partial charge >= 0.3 is 0 Å². The highest BCUT2D eigenvalue weighted by molar-refractivity contribution is 7.89. The molecule has 2 N–H and O–H groups in total. The van der Waals surface area contributed by atoms with Crippen molar-refractivity contribution >= 4 is 21.4 Å². The molecule has 0 spiro atoms. The van der Waals surface area contributed by atoms with Crippen LogP contribution in [-0.4, -0.2) is 25.1 Å². The minimum Gasteiger partial charge on any atom is -0.338 e. The molecule has 0 fully saturated rings. The third kappa shape index (κ3) is 3.63. The summed E-state index contributed by atoms with van der Waals surface area (Å²) in [6.45, 7) is 4.95. The number of thiophene rings is 1. The monoisotopic (exact) mass is 316 g/mol. The number of sulfonamides is 1. The molecule has 0 aliphatic heterocycles. The van der Waals surface area contributed by atoms with Crippen LogP contribution >= 0.6 is 11.3 Å². The van der Waals surface area contributed by atoms with Crippen LogP contribution in [0.4, 0.5) is 0 Å². The number of nitrogens with zero attached hydrogens (tertiary/aromatic N) is 2. The van der Waals surface area contributed by atoms with E-state index in [-0.39, 0.29) is 12.4 Å². The summed E-state index contributed by atoms with van der Waals surface area (Å²) < 4.78 is 31.8. The van der Waals surface area contributed by atoms with Gasteiger partial charge in [-0.15, -0.1) is 11.3 Å². The van der Waals surface area contributed by atoms with Gasteiger partial charge in [0.2, 0.25) is 15.9 Å². The molecule has 2 aromatic rings. The van der Waals surface area contributed by atoms with Crippen LogP contribution in [0.25, 0.3) is 0 Å². The van der Waals surface area contributed by atoms with Gasteiger partial charge in [0.1, 0.15) is 0 Å². The van der Waals surface area contributed by atoms with E-state index in [0.717, 1.165) is 11.4 Å². The molecule has 2 aromatic heterocycles. The quantitative estimate of drug-likeness (QED) is 0.792. The van der Waals surface area contributed by atoms with Gasteiger partial charge in [-0.1, -0.05) is 12.1 Å². The first-order valence-electron chi connectivity index (χ1n) is 6.09. The fourth-order valence-electron chi connectivity index (χ4n) is 1.58. The van der Waals surface area contributed by atoms with E-state index in [4.69, 9.17) is 4.52 Å². The maximum atomic E-state index is 12.2. The molecule has 0 amide bonds. The van der Waals surface area contributed by atoms with Gasteiger partial charge < -0.3 is 9.84 Å². The second-order valence-electron chi connectivity index (χ2n) is 4.05. The molecule has 9 heteroatoms. The lowest BCUT2D eigenvalue weighted by Gasteiger charge is -2.06. The Bertz CT molecular complexity index is 663. The molecular weight excluding hydrogens is 300 g/mol. The predicted octanol–water partition coefficient (Wildman–Crippen LogP) is 1.03. The van der Waals surface area contributed by atoms with Gasteiger partial charge in [0.15, 0.2) is 5.82 Å². The Morgan fingerprint density at radius 3 is 2.85 bits per heavy atom. The first-order chi connectivity index (χ1) is 9.53. The predicted molar refractivity (Wildman–Crippen MR) is 74.8 cm³/mol. The average Bonchev–Trinajstić information content (AvgIpc) is 3.03. The average molecular weight is 316 g/mol. The lowest BCUT2D eigenvalue weighted by atomic mass is 10.4. The van der Waals surface area contributed by atoms with E-state index in [2.05, 4.69) is 20.2 Å². The molecule has 0 aromatic carbocycles. The van der Waals surface area contributed by atoms with E-state index < -0.39 is 10.0 Å². The van der Waals surface area contributed by atoms with Gasteiger partial charge in [-0.2, -0.15) is 4.98 Å². The number of hydrogen-bond donors (Lipinski definition) is 2. The minimum atomic E-state index is -3.57. The molecule has 0 bridgehead atoms. The molecular formula is C11H16N4O3S2. The number of aromatic nitrogens is 2. The normalized spacial score (nSPS) is 11.9. The Hall–Kier alpha value is -1.29. The molecule has 7 nitrogen and oxygen atoms in total. The van der Waals surface area contributed by atoms with Crippen LogP contribution in [0.1, 0.15) is 23.5 Å². The van der Waals surface area contributed by atoms with E-state index in [1.54, 1.807) is 18.4 Å². The van der Waals surface area contributed by atoms with Gasteiger partial charge in [0.25, 0.3) is 0 Å². The number of nitrogens with one attached hydrogen (secondary N) is 2. The van der Waals surface area contributed by atoms with E-state index in [9.17, 15) is 8.42 Å². The third-order valence-corrected chi connectivity index (χ3v) is 5.05. The van der Waals surface area contributed by atoms with Crippen molar-refractivity contribution in [2.24, 2.45) is 0 Å². The van der Waals surface area contributed by atoms with Crippen molar-refractivity contribution in [2.75, 3.05) is 6.54 Å². The van der Waals surface area contributed by atoms with E-state index in [0.29, 0.717) is 17.3 Å². The largest absolute Gasteiger partial charge is 0.338 e. The Morgan fingerprint density at radius 1 is 1.40 bits per heavy atom. The topological polar surface area (TPSA) is 97.1 Å². The summed E-state index contributed by atoms with van der Waals surface area (Å²) in [5, 5.41) is 8.49. The van der Waals surface area contributed by atoms with E-state index in [1.807, 2.05) is 6.92 Å². The standard InChI is InChI=1S/C11H16N4O3S2/c1-3-12-6-9-10(4-5-19-9)20(16,17)13-7-11-14-8(2)15-18-11/h4-5,12-13H,3,6-7H2,1-2H3. The molecule has 2 rings (SSSR count). The van der Waals surface area contributed by atoms with Crippen LogP contribution in [0.2, 0.25) is 0 Å². The zero-order valence-electron chi connectivity index (χ0n) is 11.2. The second kappa shape index (κ2) is 6.44. The molecule has 0 saturated heterocycles. The van der Waals surface area contributed by atoms with Crippen molar-refractivity contribution in [1.82, 2.24) is 20.2 Å². The summed E-state index contributed by atoms with van der Waals surface area (Å²) in [6, 6.07) is 1.60. The smallest absolute Gasteiger partial charge is 0.242 e. The van der Waals surface area contributed by atoms with E-state index in [1.165, 1.54) is 11.3 Å². The summed E-state index contributed by atoms with van der Waals surface area (Å²) in [4.78, 5) is 5.02. The van der Waals surface area contributed by atoms with Crippen LogP contribution < -0.4 is 10.0 Å². The fraction of sp³-hybridized carbons (Fsp3) is 0.455. The summed E-state index contributed by atoms with van der Waals surface area (Å²) in [5.74, 6) is 0.720. The summed E-state index contributed by atoms with van der Waals surface area (Å²) in [7, 11) is -3.57. The lowest BCUT2D eigenvalue weighted by Crippen LogP contribution is -2.24. The Morgan fingerprint density at radius 2 is 2.20 bits per heavy atom. The first-order valence-corrected chi connectivity index (χ1v) is 8.45. The van der Waals surface area contributed by atoms with Crippen molar-refractivity contribution in [3.05, 3.63) is 28.0 Å². The summed E-state index contributed by atoms with van der Waals surface area (Å²) in [5.41, 5.74) is 0. The summed E-state index contributed by atoms with van der Waals surface area (Å²) >= 11 is 1.41. The molecule has 0 atom stereocenters. The van der Waals surface area contributed by atoms with Crippen LogP contribution in [0, 0.1) is 6.92 Å². The van der Waals surface area contributed by atoms with Crippen molar-refractivity contribution in [3.63, 3.8) is 0 Å².